The number of aromatic nitrogens is 2. The quantitative estimate of drug-likeness (QED) is 0.767. The van der Waals surface area contributed by atoms with Crippen molar-refractivity contribution in [2.75, 3.05) is 19.7 Å². The molecule has 1 fully saturated rings. The minimum Gasteiger partial charge on any atom is -0.466 e. The Hall–Kier alpha value is -2.48. The van der Waals surface area contributed by atoms with Crippen molar-refractivity contribution >= 4 is 5.97 Å². The number of piperidine rings is 1. The molecule has 1 aliphatic rings. The molecule has 0 unspecified atom stereocenters. The molecule has 1 atom stereocenters. The van der Waals surface area contributed by atoms with Crippen molar-refractivity contribution in [3.8, 4) is 11.5 Å². The molecule has 0 radical (unpaired) electrons. The number of likely N-dealkylation sites (tertiary alicyclic amines) is 1. The van der Waals surface area contributed by atoms with E-state index in [4.69, 9.17) is 9.15 Å². The number of hydrogen-bond donors (Lipinski definition) is 0. The van der Waals surface area contributed by atoms with Gasteiger partial charge in [-0.05, 0) is 50.6 Å². The van der Waals surface area contributed by atoms with Crippen molar-refractivity contribution < 1.29 is 18.3 Å². The molecule has 1 saturated heterocycles. The Balaban J connectivity index is 1.69. The van der Waals surface area contributed by atoms with Crippen molar-refractivity contribution in [2.45, 2.75) is 26.4 Å². The molecule has 0 amide bonds. The maximum absolute atomic E-state index is 13.0. The van der Waals surface area contributed by atoms with E-state index in [9.17, 15) is 14.0 Å². The minimum atomic E-state index is -0.586. The van der Waals surface area contributed by atoms with Gasteiger partial charge >= 0.3 is 11.7 Å². The standard InChI is InChI=1S/C17H20FN3O4/c1-2-24-16(22)13-4-3-9-20(10-13)11-21-17(23)25-15(19-21)12-5-7-14(18)8-6-12/h5-8,13H,2-4,9-11H2,1H3/t13-/m1/s1. The Morgan fingerprint density at radius 1 is 1.40 bits per heavy atom. The van der Waals surface area contributed by atoms with Crippen LogP contribution in [-0.2, 0) is 16.2 Å². The molecule has 0 N–H and O–H groups in total. The Morgan fingerprint density at radius 2 is 2.16 bits per heavy atom. The van der Waals surface area contributed by atoms with E-state index >= 15 is 0 Å². The number of benzene rings is 1. The molecule has 134 valence electrons. The number of esters is 1. The van der Waals surface area contributed by atoms with Gasteiger partial charge in [-0.2, -0.15) is 4.68 Å². The van der Waals surface area contributed by atoms with Crippen molar-refractivity contribution in [3.05, 3.63) is 40.6 Å². The SMILES string of the molecule is CCOC(=O)[C@@H]1CCCN(Cn2nc(-c3ccc(F)cc3)oc2=O)C1. The van der Waals surface area contributed by atoms with Crippen LogP contribution in [0.1, 0.15) is 19.8 Å². The molecule has 8 heteroatoms. The summed E-state index contributed by atoms with van der Waals surface area (Å²) >= 11 is 0. The fourth-order valence-electron chi connectivity index (χ4n) is 2.93. The van der Waals surface area contributed by atoms with Crippen LogP contribution in [0.4, 0.5) is 4.39 Å². The molecule has 1 aromatic carbocycles. The largest absolute Gasteiger partial charge is 0.466 e. The molecule has 0 aliphatic carbocycles. The number of nitrogens with zero attached hydrogens (tertiary/aromatic N) is 3. The first kappa shape index (κ1) is 17.3. The summed E-state index contributed by atoms with van der Waals surface area (Å²) in [5, 5.41) is 4.17. The van der Waals surface area contributed by atoms with Crippen molar-refractivity contribution in [3.63, 3.8) is 0 Å². The highest BCUT2D eigenvalue weighted by atomic mass is 19.1. The van der Waals surface area contributed by atoms with E-state index < -0.39 is 5.76 Å². The summed E-state index contributed by atoms with van der Waals surface area (Å²) in [6.45, 7) is 3.66. The van der Waals surface area contributed by atoms with E-state index in [2.05, 4.69) is 5.10 Å². The van der Waals surface area contributed by atoms with E-state index in [0.717, 1.165) is 19.4 Å². The Labute approximate surface area is 144 Å². The molecule has 0 spiro atoms. The summed E-state index contributed by atoms with van der Waals surface area (Å²) in [5.41, 5.74) is 0.528. The second kappa shape index (κ2) is 7.60. The summed E-state index contributed by atoms with van der Waals surface area (Å²) in [4.78, 5) is 25.9. The molecule has 3 rings (SSSR count). The van der Waals surface area contributed by atoms with E-state index in [1.54, 1.807) is 6.92 Å². The number of rotatable bonds is 5. The molecule has 7 nitrogen and oxygen atoms in total. The maximum Gasteiger partial charge on any atom is 0.438 e. The van der Waals surface area contributed by atoms with Crippen LogP contribution >= 0.6 is 0 Å². The van der Waals surface area contributed by atoms with E-state index in [0.29, 0.717) is 18.7 Å². The molecule has 0 saturated carbocycles. The van der Waals surface area contributed by atoms with Gasteiger partial charge in [0.1, 0.15) is 12.5 Å². The first-order valence-electron chi connectivity index (χ1n) is 8.29. The molecule has 1 aliphatic heterocycles. The summed E-state index contributed by atoms with van der Waals surface area (Å²) < 4.78 is 24.4. The van der Waals surface area contributed by atoms with Gasteiger partial charge in [-0.3, -0.25) is 9.69 Å². The Morgan fingerprint density at radius 3 is 2.88 bits per heavy atom. The number of carbonyl (C=O) groups is 1. The van der Waals surface area contributed by atoms with Crippen LogP contribution in [0, 0.1) is 11.7 Å². The third kappa shape index (κ3) is 4.14. The third-order valence-corrected chi connectivity index (χ3v) is 4.16. The normalized spacial score (nSPS) is 18.2. The molecule has 1 aromatic heterocycles. The summed E-state index contributed by atoms with van der Waals surface area (Å²) in [5.74, 6) is -1.20. The monoisotopic (exact) mass is 349 g/mol. The van der Waals surface area contributed by atoms with Crippen molar-refractivity contribution in [2.24, 2.45) is 5.92 Å². The Kier molecular flexibility index (Phi) is 5.28. The van der Waals surface area contributed by atoms with Gasteiger partial charge in [0.2, 0.25) is 5.89 Å². The van der Waals surface area contributed by atoms with Crippen LogP contribution in [0.3, 0.4) is 0 Å². The van der Waals surface area contributed by atoms with Gasteiger partial charge in [0.25, 0.3) is 0 Å². The second-order valence-electron chi connectivity index (χ2n) is 5.99. The first-order chi connectivity index (χ1) is 12.1. The van der Waals surface area contributed by atoms with Crippen molar-refractivity contribution in [1.29, 1.82) is 0 Å². The van der Waals surface area contributed by atoms with Crippen LogP contribution in [0.25, 0.3) is 11.5 Å². The lowest BCUT2D eigenvalue weighted by molar-refractivity contribution is -0.150. The summed E-state index contributed by atoms with van der Waals surface area (Å²) in [6, 6.07) is 5.57. The van der Waals surface area contributed by atoms with Crippen LogP contribution in [0.5, 0.6) is 0 Å². The van der Waals surface area contributed by atoms with Crippen LogP contribution < -0.4 is 5.76 Å². The molecule has 0 bridgehead atoms. The lowest BCUT2D eigenvalue weighted by atomic mass is 9.99. The van der Waals surface area contributed by atoms with Crippen molar-refractivity contribution in [1.82, 2.24) is 14.7 Å². The van der Waals surface area contributed by atoms with Gasteiger partial charge < -0.3 is 9.15 Å². The lowest BCUT2D eigenvalue weighted by Crippen LogP contribution is -2.41. The summed E-state index contributed by atoms with van der Waals surface area (Å²) in [7, 11) is 0. The topological polar surface area (TPSA) is 77.6 Å². The smallest absolute Gasteiger partial charge is 0.438 e. The first-order valence-corrected chi connectivity index (χ1v) is 8.29. The molecular formula is C17H20FN3O4. The third-order valence-electron chi connectivity index (χ3n) is 4.16. The molecule has 2 heterocycles. The van der Waals surface area contributed by atoms with Crippen LogP contribution in [-0.4, -0.2) is 40.3 Å². The zero-order valence-corrected chi connectivity index (χ0v) is 14.0. The second-order valence-corrected chi connectivity index (χ2v) is 5.99. The average Bonchev–Trinajstić information content (AvgIpc) is 2.97. The zero-order valence-electron chi connectivity index (χ0n) is 14.0. The van der Waals surface area contributed by atoms with Gasteiger partial charge in [0.05, 0.1) is 12.5 Å². The number of carbonyl (C=O) groups excluding carboxylic acids is 1. The Bertz CT molecular complexity index is 784. The van der Waals surface area contributed by atoms with Gasteiger partial charge in [-0.25, -0.2) is 9.18 Å². The fourth-order valence-corrected chi connectivity index (χ4v) is 2.93. The van der Waals surface area contributed by atoms with Gasteiger partial charge in [-0.1, -0.05) is 0 Å². The predicted molar refractivity (Wildman–Crippen MR) is 87.1 cm³/mol. The minimum absolute atomic E-state index is 0.143. The lowest BCUT2D eigenvalue weighted by Gasteiger charge is -2.30. The number of ether oxygens (including phenoxy) is 1. The van der Waals surface area contributed by atoms with E-state index in [1.165, 1.54) is 28.9 Å². The average molecular weight is 349 g/mol. The highest BCUT2D eigenvalue weighted by molar-refractivity contribution is 5.72. The van der Waals surface area contributed by atoms with E-state index in [1.807, 2.05) is 4.90 Å². The predicted octanol–water partition coefficient (Wildman–Crippen LogP) is 1.87. The molecule has 2 aromatic rings. The highest BCUT2D eigenvalue weighted by Gasteiger charge is 2.27. The van der Waals surface area contributed by atoms with Crippen LogP contribution in [0.2, 0.25) is 0 Å². The van der Waals surface area contributed by atoms with E-state index in [-0.39, 0.29) is 30.3 Å². The zero-order chi connectivity index (χ0) is 17.8. The number of halogens is 1. The van der Waals surface area contributed by atoms with Gasteiger partial charge in [0, 0.05) is 12.1 Å². The van der Waals surface area contributed by atoms with Gasteiger partial charge in [0.15, 0.2) is 0 Å². The van der Waals surface area contributed by atoms with Gasteiger partial charge in [-0.15, -0.1) is 5.10 Å². The molecule has 25 heavy (non-hydrogen) atoms. The highest BCUT2D eigenvalue weighted by Crippen LogP contribution is 2.19. The number of hydrogen-bond acceptors (Lipinski definition) is 6. The maximum atomic E-state index is 13.0. The fraction of sp³-hybridized carbons (Fsp3) is 0.471. The van der Waals surface area contributed by atoms with Crippen LogP contribution in [0.15, 0.2) is 33.5 Å². The molecular weight excluding hydrogens is 329 g/mol. The summed E-state index contributed by atoms with van der Waals surface area (Å²) in [6.07, 6.45) is 1.63.